The standard InChI is InChI=1S/C16H18ClN3O2.2ClH/c17-13-5-3-9-20-16(13)22-11-10-19-15(21)8-7-12-4-1-2-6-14(12)18;;/h1-6,9H,7-8,10-11,18H2,(H,19,21);2*1H. The average Bonchev–Trinajstić information content (AvgIpc) is 2.52. The Morgan fingerprint density at radius 3 is 2.67 bits per heavy atom. The maximum Gasteiger partial charge on any atom is 0.232 e. The molecule has 0 spiro atoms. The monoisotopic (exact) mass is 391 g/mol. The molecular weight excluding hydrogens is 373 g/mol. The predicted octanol–water partition coefficient (Wildman–Crippen LogP) is 3.29. The molecule has 2 rings (SSSR count). The molecule has 0 aliphatic rings. The summed E-state index contributed by atoms with van der Waals surface area (Å²) in [5.41, 5.74) is 7.53. The molecule has 1 aromatic carbocycles. The van der Waals surface area contributed by atoms with Gasteiger partial charge in [0.2, 0.25) is 11.8 Å². The van der Waals surface area contributed by atoms with Crippen LogP contribution in [0.3, 0.4) is 0 Å². The van der Waals surface area contributed by atoms with E-state index >= 15 is 0 Å². The molecule has 1 aromatic heterocycles. The number of benzene rings is 1. The lowest BCUT2D eigenvalue weighted by Crippen LogP contribution is -2.28. The zero-order chi connectivity index (χ0) is 15.8. The van der Waals surface area contributed by atoms with E-state index in [4.69, 9.17) is 22.1 Å². The summed E-state index contributed by atoms with van der Waals surface area (Å²) in [5.74, 6) is 0.328. The van der Waals surface area contributed by atoms with Crippen molar-refractivity contribution in [3.63, 3.8) is 0 Å². The smallest absolute Gasteiger partial charge is 0.232 e. The first-order valence-electron chi connectivity index (χ1n) is 7.00. The van der Waals surface area contributed by atoms with Crippen molar-refractivity contribution in [2.75, 3.05) is 18.9 Å². The Labute approximate surface area is 158 Å². The number of carbonyl (C=O) groups excluding carboxylic acids is 1. The molecule has 24 heavy (non-hydrogen) atoms. The minimum atomic E-state index is -0.0426. The van der Waals surface area contributed by atoms with Crippen LogP contribution in [0.1, 0.15) is 12.0 Å². The van der Waals surface area contributed by atoms with E-state index < -0.39 is 0 Å². The number of nitrogens with one attached hydrogen (secondary N) is 1. The van der Waals surface area contributed by atoms with Crippen LogP contribution in [-0.4, -0.2) is 24.0 Å². The Morgan fingerprint density at radius 2 is 1.96 bits per heavy atom. The fourth-order valence-electron chi connectivity index (χ4n) is 1.91. The second-order valence-corrected chi connectivity index (χ2v) is 5.09. The number of pyridine rings is 1. The van der Waals surface area contributed by atoms with Gasteiger partial charge in [-0.3, -0.25) is 4.79 Å². The molecule has 0 aliphatic carbocycles. The number of nitrogens with two attached hydrogens (primary N) is 1. The van der Waals surface area contributed by atoms with E-state index in [2.05, 4.69) is 10.3 Å². The van der Waals surface area contributed by atoms with E-state index in [1.807, 2.05) is 24.3 Å². The van der Waals surface area contributed by atoms with Crippen molar-refractivity contribution in [1.82, 2.24) is 10.3 Å². The van der Waals surface area contributed by atoms with Crippen LogP contribution in [0, 0.1) is 0 Å². The van der Waals surface area contributed by atoms with Crippen LogP contribution in [0.2, 0.25) is 5.02 Å². The van der Waals surface area contributed by atoms with Gasteiger partial charge >= 0.3 is 0 Å². The lowest BCUT2D eigenvalue weighted by Gasteiger charge is -2.08. The lowest BCUT2D eigenvalue weighted by molar-refractivity contribution is -0.121. The summed E-state index contributed by atoms with van der Waals surface area (Å²) in [6, 6.07) is 11.0. The minimum absolute atomic E-state index is 0. The summed E-state index contributed by atoms with van der Waals surface area (Å²) in [6.45, 7) is 0.714. The molecule has 132 valence electrons. The van der Waals surface area contributed by atoms with E-state index in [1.54, 1.807) is 18.3 Å². The first-order chi connectivity index (χ1) is 10.7. The van der Waals surface area contributed by atoms with Gasteiger partial charge in [0.25, 0.3) is 0 Å². The second-order valence-electron chi connectivity index (χ2n) is 4.69. The van der Waals surface area contributed by atoms with Crippen molar-refractivity contribution in [2.45, 2.75) is 12.8 Å². The summed E-state index contributed by atoms with van der Waals surface area (Å²) in [6.07, 6.45) is 2.61. The molecule has 3 N–H and O–H groups in total. The minimum Gasteiger partial charge on any atom is -0.475 e. The molecule has 2 aromatic rings. The zero-order valence-electron chi connectivity index (χ0n) is 12.9. The van der Waals surface area contributed by atoms with Crippen LogP contribution in [0.4, 0.5) is 5.69 Å². The quantitative estimate of drug-likeness (QED) is 0.560. The number of nitrogens with zero attached hydrogens (tertiary/aromatic N) is 1. The van der Waals surface area contributed by atoms with Crippen LogP contribution >= 0.6 is 36.4 Å². The average molecular weight is 393 g/mol. The Bertz CT molecular complexity index is 641. The van der Waals surface area contributed by atoms with Gasteiger partial charge in [-0.1, -0.05) is 29.8 Å². The predicted molar refractivity (Wildman–Crippen MR) is 101 cm³/mol. The van der Waals surface area contributed by atoms with Crippen molar-refractivity contribution < 1.29 is 9.53 Å². The van der Waals surface area contributed by atoms with Gasteiger partial charge in [-0.2, -0.15) is 0 Å². The van der Waals surface area contributed by atoms with Gasteiger partial charge in [-0.25, -0.2) is 4.98 Å². The molecule has 0 saturated heterocycles. The molecule has 0 unspecified atom stereocenters. The number of hydrogen-bond acceptors (Lipinski definition) is 4. The number of nitrogen functional groups attached to an aromatic ring is 1. The molecule has 0 atom stereocenters. The van der Waals surface area contributed by atoms with Crippen molar-refractivity contribution >= 4 is 48.0 Å². The molecular formula is C16H20Cl3N3O2. The van der Waals surface area contributed by atoms with Gasteiger partial charge in [-0.15, -0.1) is 24.8 Å². The maximum atomic E-state index is 11.8. The Hall–Kier alpha value is -1.69. The number of rotatable bonds is 7. The third kappa shape index (κ3) is 7.25. The molecule has 1 amide bonds. The summed E-state index contributed by atoms with van der Waals surface area (Å²) in [7, 11) is 0. The summed E-state index contributed by atoms with van der Waals surface area (Å²) >= 11 is 5.91. The van der Waals surface area contributed by atoms with E-state index in [-0.39, 0.29) is 30.7 Å². The third-order valence-corrected chi connectivity index (χ3v) is 3.35. The summed E-state index contributed by atoms with van der Waals surface area (Å²) in [4.78, 5) is 15.8. The van der Waals surface area contributed by atoms with Crippen LogP contribution in [0.25, 0.3) is 0 Å². The number of anilines is 1. The highest BCUT2D eigenvalue weighted by molar-refractivity contribution is 6.31. The van der Waals surface area contributed by atoms with E-state index in [0.717, 1.165) is 5.56 Å². The van der Waals surface area contributed by atoms with E-state index in [1.165, 1.54) is 0 Å². The molecule has 8 heteroatoms. The Morgan fingerprint density at radius 1 is 1.21 bits per heavy atom. The fraction of sp³-hybridized carbons (Fsp3) is 0.250. The molecule has 0 radical (unpaired) electrons. The lowest BCUT2D eigenvalue weighted by atomic mass is 10.1. The first-order valence-corrected chi connectivity index (χ1v) is 7.38. The molecule has 0 bridgehead atoms. The number of carbonyl (C=O) groups is 1. The Balaban J connectivity index is 0.00000264. The summed E-state index contributed by atoms with van der Waals surface area (Å²) in [5, 5.41) is 3.24. The molecule has 1 heterocycles. The number of aromatic nitrogens is 1. The number of halogens is 3. The number of ether oxygens (including phenoxy) is 1. The highest BCUT2D eigenvalue weighted by Gasteiger charge is 2.05. The van der Waals surface area contributed by atoms with Gasteiger partial charge in [-0.05, 0) is 30.2 Å². The normalized spacial score (nSPS) is 9.38. The molecule has 0 aliphatic heterocycles. The van der Waals surface area contributed by atoms with Crippen LogP contribution in [-0.2, 0) is 11.2 Å². The van der Waals surface area contributed by atoms with Crippen LogP contribution in [0.15, 0.2) is 42.6 Å². The highest BCUT2D eigenvalue weighted by Crippen LogP contribution is 2.19. The van der Waals surface area contributed by atoms with Crippen molar-refractivity contribution in [2.24, 2.45) is 0 Å². The van der Waals surface area contributed by atoms with Gasteiger partial charge in [0, 0.05) is 18.3 Å². The van der Waals surface area contributed by atoms with E-state index in [0.29, 0.717) is 42.6 Å². The topological polar surface area (TPSA) is 77.2 Å². The molecule has 0 fully saturated rings. The number of hydrogen-bond donors (Lipinski definition) is 2. The first kappa shape index (κ1) is 22.3. The Kier molecular flexibility index (Phi) is 11.0. The van der Waals surface area contributed by atoms with Gasteiger partial charge in [0.15, 0.2) is 0 Å². The molecule has 5 nitrogen and oxygen atoms in total. The van der Waals surface area contributed by atoms with Crippen LogP contribution in [0.5, 0.6) is 5.88 Å². The maximum absolute atomic E-state index is 11.8. The number of aryl methyl sites for hydroxylation is 1. The van der Waals surface area contributed by atoms with E-state index in [9.17, 15) is 4.79 Å². The van der Waals surface area contributed by atoms with Crippen LogP contribution < -0.4 is 15.8 Å². The zero-order valence-corrected chi connectivity index (χ0v) is 15.3. The SMILES string of the molecule is Cl.Cl.Nc1ccccc1CCC(=O)NCCOc1ncccc1Cl. The fourth-order valence-corrected chi connectivity index (χ4v) is 2.09. The second kappa shape index (κ2) is 11.8. The van der Waals surface area contributed by atoms with Crippen molar-refractivity contribution in [3.8, 4) is 5.88 Å². The number of para-hydroxylation sites is 1. The van der Waals surface area contributed by atoms with Gasteiger partial charge in [0.1, 0.15) is 11.6 Å². The number of amides is 1. The third-order valence-electron chi connectivity index (χ3n) is 3.06. The van der Waals surface area contributed by atoms with Crippen molar-refractivity contribution in [1.29, 1.82) is 0 Å². The molecule has 0 saturated carbocycles. The van der Waals surface area contributed by atoms with Gasteiger partial charge in [0.05, 0.1) is 6.54 Å². The summed E-state index contributed by atoms with van der Waals surface area (Å²) < 4.78 is 5.39. The van der Waals surface area contributed by atoms with Gasteiger partial charge < -0.3 is 15.8 Å². The highest BCUT2D eigenvalue weighted by atomic mass is 35.5. The largest absolute Gasteiger partial charge is 0.475 e. The van der Waals surface area contributed by atoms with Crippen molar-refractivity contribution in [3.05, 3.63) is 53.2 Å².